The van der Waals surface area contributed by atoms with Crippen molar-refractivity contribution in [2.75, 3.05) is 13.1 Å². The molecule has 9 heteroatoms. The van der Waals surface area contributed by atoms with Crippen LogP contribution in [0.4, 0.5) is 18.9 Å². The number of nitrogens with zero attached hydrogens (tertiary/aromatic N) is 2. The van der Waals surface area contributed by atoms with E-state index >= 15 is 0 Å². The van der Waals surface area contributed by atoms with Crippen LogP contribution in [0.3, 0.4) is 0 Å². The molecule has 0 unspecified atom stereocenters. The van der Waals surface area contributed by atoms with E-state index < -0.39 is 16.7 Å². The summed E-state index contributed by atoms with van der Waals surface area (Å²) < 4.78 is 38.7. The molecule has 1 amide bonds. The summed E-state index contributed by atoms with van der Waals surface area (Å²) in [7, 11) is 0. The molecule has 6 nitrogen and oxygen atoms in total. The third-order valence-corrected chi connectivity index (χ3v) is 5.33. The third kappa shape index (κ3) is 4.03. The number of amides is 1. The van der Waals surface area contributed by atoms with Gasteiger partial charge in [0.25, 0.3) is 11.6 Å². The van der Waals surface area contributed by atoms with Gasteiger partial charge in [-0.1, -0.05) is 24.3 Å². The maximum atomic E-state index is 13.1. The predicted molar refractivity (Wildman–Crippen MR) is 108 cm³/mol. The summed E-state index contributed by atoms with van der Waals surface area (Å²) in [6, 6.07) is 12.1. The van der Waals surface area contributed by atoms with E-state index in [1.165, 1.54) is 24.3 Å². The van der Waals surface area contributed by atoms with Gasteiger partial charge < -0.3 is 9.88 Å². The first-order valence-corrected chi connectivity index (χ1v) is 9.69. The number of carbonyl (C=O) groups excluding carboxylic acids is 1. The monoisotopic (exact) mass is 429 g/mol. The number of hydrogen-bond acceptors (Lipinski definition) is 3. The van der Waals surface area contributed by atoms with Gasteiger partial charge in [0.2, 0.25) is 0 Å². The van der Waals surface area contributed by atoms with Crippen LogP contribution in [0.25, 0.3) is 22.5 Å². The Labute approximate surface area is 175 Å². The maximum absolute atomic E-state index is 13.1. The number of nitro benzene ring substituents is 1. The molecule has 0 radical (unpaired) electrons. The third-order valence-electron chi connectivity index (χ3n) is 5.33. The van der Waals surface area contributed by atoms with Crippen molar-refractivity contribution in [1.82, 2.24) is 9.88 Å². The number of benzene rings is 2. The second-order valence-corrected chi connectivity index (χ2v) is 7.32. The number of carbonyl (C=O) groups is 1. The van der Waals surface area contributed by atoms with Crippen LogP contribution in [0, 0.1) is 10.1 Å². The first-order chi connectivity index (χ1) is 14.8. The lowest BCUT2D eigenvalue weighted by Gasteiger charge is -2.15. The fraction of sp³-hybridized carbons (Fsp3) is 0.227. The Balaban J connectivity index is 1.83. The molecule has 0 aliphatic carbocycles. The highest BCUT2D eigenvalue weighted by Crippen LogP contribution is 2.36. The van der Waals surface area contributed by atoms with Gasteiger partial charge in [-0.3, -0.25) is 14.9 Å². The molecule has 1 saturated heterocycles. The number of alkyl halides is 3. The largest absolute Gasteiger partial charge is 0.416 e. The highest BCUT2D eigenvalue weighted by Gasteiger charge is 2.31. The number of nitro groups is 1. The second kappa shape index (κ2) is 7.90. The van der Waals surface area contributed by atoms with Gasteiger partial charge in [0.15, 0.2) is 0 Å². The van der Waals surface area contributed by atoms with Crippen LogP contribution in [0.5, 0.6) is 0 Å². The number of aromatic nitrogens is 1. The first kappa shape index (κ1) is 20.6. The van der Waals surface area contributed by atoms with Crippen LogP contribution in [0.2, 0.25) is 0 Å². The summed E-state index contributed by atoms with van der Waals surface area (Å²) in [5.74, 6) is -0.264. The van der Waals surface area contributed by atoms with Crippen molar-refractivity contribution in [3.05, 3.63) is 75.8 Å². The zero-order valence-corrected chi connectivity index (χ0v) is 16.3. The number of aromatic amines is 1. The number of nitrogens with one attached hydrogen (secondary N) is 1. The van der Waals surface area contributed by atoms with E-state index in [2.05, 4.69) is 4.98 Å². The Morgan fingerprint density at radius 3 is 2.29 bits per heavy atom. The molecule has 1 N–H and O–H groups in total. The SMILES string of the molecule is O=C(c1cc(-c2ccc(C(F)(F)F)cc2)[nH]c1-c1ccccc1[N+](=O)[O-])N1CCCC1. The minimum Gasteiger partial charge on any atom is -0.354 e. The van der Waals surface area contributed by atoms with Crippen molar-refractivity contribution in [3.8, 4) is 22.5 Å². The van der Waals surface area contributed by atoms with Crippen LogP contribution < -0.4 is 0 Å². The lowest BCUT2D eigenvalue weighted by atomic mass is 10.0. The van der Waals surface area contributed by atoms with Gasteiger partial charge in [-0.2, -0.15) is 13.2 Å². The summed E-state index contributed by atoms with van der Waals surface area (Å²) in [6.45, 7) is 1.19. The summed E-state index contributed by atoms with van der Waals surface area (Å²) >= 11 is 0. The summed E-state index contributed by atoms with van der Waals surface area (Å²) in [6.07, 6.45) is -2.70. The second-order valence-electron chi connectivity index (χ2n) is 7.32. The number of rotatable bonds is 4. The Morgan fingerprint density at radius 1 is 1.03 bits per heavy atom. The summed E-state index contributed by atoms with van der Waals surface area (Å²) in [4.78, 5) is 28.9. The molecule has 0 bridgehead atoms. The number of para-hydroxylation sites is 1. The topological polar surface area (TPSA) is 79.2 Å². The molecule has 1 fully saturated rings. The van der Waals surface area contributed by atoms with Crippen LogP contribution in [0.15, 0.2) is 54.6 Å². The molecule has 2 aromatic carbocycles. The molecule has 0 spiro atoms. The Hall–Kier alpha value is -3.62. The van der Waals surface area contributed by atoms with E-state index in [0.29, 0.717) is 24.3 Å². The average Bonchev–Trinajstić information content (AvgIpc) is 3.43. The predicted octanol–water partition coefficient (Wildman–Crippen LogP) is 5.51. The van der Waals surface area contributed by atoms with Crippen molar-refractivity contribution in [2.24, 2.45) is 0 Å². The van der Waals surface area contributed by atoms with E-state index in [4.69, 9.17) is 0 Å². The van der Waals surface area contributed by atoms with Crippen LogP contribution in [-0.4, -0.2) is 33.8 Å². The van der Waals surface area contributed by atoms with Crippen molar-refractivity contribution < 1.29 is 22.9 Å². The Morgan fingerprint density at radius 2 is 1.68 bits per heavy atom. The quantitative estimate of drug-likeness (QED) is 0.439. The molecular formula is C22H18F3N3O3. The smallest absolute Gasteiger partial charge is 0.354 e. The summed E-state index contributed by atoms with van der Waals surface area (Å²) in [5, 5.41) is 11.5. The van der Waals surface area contributed by atoms with Gasteiger partial charge in [0.1, 0.15) is 0 Å². The minimum absolute atomic E-state index is 0.168. The molecule has 31 heavy (non-hydrogen) atoms. The highest BCUT2D eigenvalue weighted by atomic mass is 19.4. The van der Waals surface area contributed by atoms with Crippen molar-refractivity contribution in [3.63, 3.8) is 0 Å². The molecular weight excluding hydrogens is 411 g/mol. The van der Waals surface area contributed by atoms with Crippen LogP contribution in [0.1, 0.15) is 28.8 Å². The lowest BCUT2D eigenvalue weighted by Crippen LogP contribution is -2.27. The molecule has 1 aromatic heterocycles. The Bertz CT molecular complexity index is 1130. The van der Waals surface area contributed by atoms with E-state index in [-0.39, 0.29) is 28.4 Å². The van der Waals surface area contributed by atoms with Gasteiger partial charge in [0, 0.05) is 24.8 Å². The normalized spacial score (nSPS) is 14.1. The molecule has 0 atom stereocenters. The van der Waals surface area contributed by atoms with Crippen molar-refractivity contribution in [2.45, 2.75) is 19.0 Å². The van der Waals surface area contributed by atoms with E-state index in [9.17, 15) is 28.1 Å². The standard InChI is InChI=1S/C22H18F3N3O3/c23-22(24,25)15-9-7-14(8-10-15)18-13-17(21(29)27-11-3-4-12-27)20(26-18)16-5-1-2-6-19(16)28(30)31/h1-2,5-10,13,26H,3-4,11-12H2. The maximum Gasteiger partial charge on any atom is 0.416 e. The van der Waals surface area contributed by atoms with Crippen LogP contribution in [-0.2, 0) is 6.18 Å². The molecule has 1 aliphatic heterocycles. The lowest BCUT2D eigenvalue weighted by molar-refractivity contribution is -0.384. The van der Waals surface area contributed by atoms with Gasteiger partial charge in [0.05, 0.1) is 27.3 Å². The molecule has 4 rings (SSSR count). The van der Waals surface area contributed by atoms with Gasteiger partial charge >= 0.3 is 6.18 Å². The Kier molecular flexibility index (Phi) is 5.26. The molecule has 160 valence electrons. The van der Waals surface area contributed by atoms with Gasteiger partial charge in [-0.25, -0.2) is 0 Å². The fourth-order valence-corrected chi connectivity index (χ4v) is 3.76. The highest BCUT2D eigenvalue weighted by molar-refractivity contribution is 6.02. The zero-order chi connectivity index (χ0) is 22.2. The van der Waals surface area contributed by atoms with E-state index in [1.807, 2.05) is 0 Å². The molecule has 3 aromatic rings. The number of H-pyrrole nitrogens is 1. The van der Waals surface area contributed by atoms with Crippen LogP contribution >= 0.6 is 0 Å². The zero-order valence-electron chi connectivity index (χ0n) is 16.3. The van der Waals surface area contributed by atoms with E-state index in [1.54, 1.807) is 23.1 Å². The summed E-state index contributed by atoms with van der Waals surface area (Å²) in [5.41, 5.74) is 0.671. The average molecular weight is 429 g/mol. The molecule has 1 aliphatic rings. The van der Waals surface area contributed by atoms with E-state index in [0.717, 1.165) is 25.0 Å². The first-order valence-electron chi connectivity index (χ1n) is 9.69. The number of hydrogen-bond donors (Lipinski definition) is 1. The fourth-order valence-electron chi connectivity index (χ4n) is 3.76. The van der Waals surface area contributed by atoms with Gasteiger partial charge in [-0.05, 0) is 42.7 Å². The van der Waals surface area contributed by atoms with Crippen molar-refractivity contribution in [1.29, 1.82) is 0 Å². The number of likely N-dealkylation sites (tertiary alicyclic amines) is 1. The van der Waals surface area contributed by atoms with Gasteiger partial charge in [-0.15, -0.1) is 0 Å². The molecule has 2 heterocycles. The minimum atomic E-state index is -4.46. The van der Waals surface area contributed by atoms with Crippen molar-refractivity contribution >= 4 is 11.6 Å². The number of halogens is 3. The molecule has 0 saturated carbocycles.